The number of amides is 1. The van der Waals surface area contributed by atoms with Crippen molar-refractivity contribution in [1.82, 2.24) is 14.9 Å². The Bertz CT molecular complexity index is 1080. The number of likely N-dealkylation sites (tertiary alicyclic amines) is 1. The Hall–Kier alpha value is -3.48. The molecule has 0 spiro atoms. The number of benzene rings is 2. The number of nitrogens with zero attached hydrogens (tertiary/aromatic N) is 2. The number of ether oxygens (including phenoxy) is 1. The Morgan fingerprint density at radius 1 is 1.11 bits per heavy atom. The highest BCUT2D eigenvalue weighted by Gasteiger charge is 2.37. The molecule has 4 rings (SSSR count). The van der Waals surface area contributed by atoms with Gasteiger partial charge in [-0.15, -0.1) is 0 Å². The monoisotopic (exact) mass is 377 g/mol. The van der Waals surface area contributed by atoms with Crippen molar-refractivity contribution < 1.29 is 14.3 Å². The van der Waals surface area contributed by atoms with Crippen molar-refractivity contribution in [2.75, 3.05) is 6.54 Å². The molecule has 3 aromatic rings. The van der Waals surface area contributed by atoms with Gasteiger partial charge in [-0.3, -0.25) is 9.59 Å². The lowest BCUT2D eigenvalue weighted by Crippen LogP contribution is -2.43. The zero-order chi connectivity index (χ0) is 19.5. The average molecular weight is 377 g/mol. The number of esters is 1. The van der Waals surface area contributed by atoms with E-state index in [1.807, 2.05) is 30.3 Å². The lowest BCUT2D eigenvalue weighted by atomic mass is 10.2. The fraction of sp³-hybridized carbons (Fsp3) is 0.238. The van der Waals surface area contributed by atoms with Gasteiger partial charge in [0.15, 0.2) is 5.69 Å². The SMILES string of the molecule is O=C(OCc1ccccc1)[C@@H]1CCCN1C(=O)c1nc2ccccc2[nH]c1=O. The standard InChI is InChI=1S/C21H19N3O4/c25-19-18(22-15-9-4-5-10-16(15)23-19)20(26)24-12-6-11-17(24)21(27)28-13-14-7-2-1-3-8-14/h1-5,7-10,17H,6,11-13H2,(H,23,25)/t17-/m0/s1. The van der Waals surface area contributed by atoms with Gasteiger partial charge in [0.1, 0.15) is 12.6 Å². The van der Waals surface area contributed by atoms with Crippen LogP contribution in [-0.4, -0.2) is 39.3 Å². The number of carbonyl (C=O) groups is 2. The van der Waals surface area contributed by atoms with Crippen LogP contribution in [0.1, 0.15) is 28.9 Å². The molecule has 2 heterocycles. The number of aromatic amines is 1. The first kappa shape index (κ1) is 17.9. The molecule has 0 radical (unpaired) electrons. The molecule has 1 amide bonds. The molecule has 2 aromatic carbocycles. The third kappa shape index (κ3) is 3.51. The van der Waals surface area contributed by atoms with Gasteiger partial charge in [0, 0.05) is 6.54 Å². The number of carbonyl (C=O) groups excluding carboxylic acids is 2. The summed E-state index contributed by atoms with van der Waals surface area (Å²) in [7, 11) is 0. The molecule has 1 saturated heterocycles. The van der Waals surface area contributed by atoms with Crippen molar-refractivity contribution in [3.05, 3.63) is 76.2 Å². The number of hydrogen-bond donors (Lipinski definition) is 1. The molecule has 1 N–H and O–H groups in total. The molecule has 7 nitrogen and oxygen atoms in total. The Morgan fingerprint density at radius 2 is 1.86 bits per heavy atom. The van der Waals surface area contributed by atoms with E-state index < -0.39 is 23.5 Å². The van der Waals surface area contributed by atoms with Gasteiger partial charge in [0.25, 0.3) is 11.5 Å². The number of hydrogen-bond acceptors (Lipinski definition) is 5. The summed E-state index contributed by atoms with van der Waals surface area (Å²) in [6, 6.07) is 15.6. The number of fused-ring (bicyclic) bond motifs is 1. The fourth-order valence-corrected chi connectivity index (χ4v) is 3.39. The highest BCUT2D eigenvalue weighted by Crippen LogP contribution is 2.21. The lowest BCUT2D eigenvalue weighted by molar-refractivity contribution is -0.149. The highest BCUT2D eigenvalue weighted by molar-refractivity contribution is 5.96. The third-order valence-corrected chi connectivity index (χ3v) is 4.81. The molecule has 0 aliphatic carbocycles. The predicted molar refractivity (Wildman–Crippen MR) is 103 cm³/mol. The number of aromatic nitrogens is 2. The van der Waals surface area contributed by atoms with Crippen LogP contribution in [0.2, 0.25) is 0 Å². The van der Waals surface area contributed by atoms with E-state index in [2.05, 4.69) is 9.97 Å². The molecule has 7 heteroatoms. The summed E-state index contributed by atoms with van der Waals surface area (Å²) >= 11 is 0. The first-order chi connectivity index (χ1) is 13.6. The van der Waals surface area contributed by atoms with Crippen molar-refractivity contribution in [2.24, 2.45) is 0 Å². The van der Waals surface area contributed by atoms with E-state index in [-0.39, 0.29) is 12.3 Å². The van der Waals surface area contributed by atoms with Crippen molar-refractivity contribution in [1.29, 1.82) is 0 Å². The van der Waals surface area contributed by atoms with Crippen LogP contribution in [0.5, 0.6) is 0 Å². The smallest absolute Gasteiger partial charge is 0.329 e. The summed E-state index contributed by atoms with van der Waals surface area (Å²) in [5, 5.41) is 0. The summed E-state index contributed by atoms with van der Waals surface area (Å²) in [6.45, 7) is 0.533. The predicted octanol–water partition coefficient (Wildman–Crippen LogP) is 2.27. The normalized spacial score (nSPS) is 16.3. The van der Waals surface area contributed by atoms with E-state index >= 15 is 0 Å². The first-order valence-electron chi connectivity index (χ1n) is 9.14. The molecule has 0 bridgehead atoms. The minimum Gasteiger partial charge on any atom is -0.459 e. The van der Waals surface area contributed by atoms with Gasteiger partial charge in [0.2, 0.25) is 0 Å². The molecule has 1 fully saturated rings. The molecule has 142 valence electrons. The van der Waals surface area contributed by atoms with E-state index in [4.69, 9.17) is 4.74 Å². The number of nitrogens with one attached hydrogen (secondary N) is 1. The van der Waals surface area contributed by atoms with Crippen molar-refractivity contribution in [3.63, 3.8) is 0 Å². The third-order valence-electron chi connectivity index (χ3n) is 4.81. The summed E-state index contributed by atoms with van der Waals surface area (Å²) < 4.78 is 5.39. The Morgan fingerprint density at radius 3 is 2.68 bits per heavy atom. The molecule has 1 aliphatic heterocycles. The molecule has 0 saturated carbocycles. The second-order valence-corrected chi connectivity index (χ2v) is 6.68. The largest absolute Gasteiger partial charge is 0.459 e. The maximum atomic E-state index is 12.9. The van der Waals surface area contributed by atoms with Crippen molar-refractivity contribution in [2.45, 2.75) is 25.5 Å². The van der Waals surface area contributed by atoms with Gasteiger partial charge in [-0.2, -0.15) is 0 Å². The molecular weight excluding hydrogens is 358 g/mol. The summed E-state index contributed by atoms with van der Waals surface area (Å²) in [5.41, 5.74) is 1.19. The highest BCUT2D eigenvalue weighted by atomic mass is 16.5. The van der Waals surface area contributed by atoms with Crippen LogP contribution in [0.3, 0.4) is 0 Å². The zero-order valence-corrected chi connectivity index (χ0v) is 15.1. The van der Waals surface area contributed by atoms with Crippen LogP contribution >= 0.6 is 0 Å². The van der Waals surface area contributed by atoms with Crippen LogP contribution in [0, 0.1) is 0 Å². The van der Waals surface area contributed by atoms with E-state index in [9.17, 15) is 14.4 Å². The molecule has 1 aromatic heterocycles. The van der Waals surface area contributed by atoms with Gasteiger partial charge in [0.05, 0.1) is 11.0 Å². The zero-order valence-electron chi connectivity index (χ0n) is 15.1. The minimum atomic E-state index is -0.705. The minimum absolute atomic E-state index is 0.146. The second-order valence-electron chi connectivity index (χ2n) is 6.68. The molecule has 1 aliphatic rings. The average Bonchev–Trinajstić information content (AvgIpc) is 3.22. The van der Waals surface area contributed by atoms with Crippen LogP contribution in [0.15, 0.2) is 59.4 Å². The number of para-hydroxylation sites is 2. The van der Waals surface area contributed by atoms with Crippen molar-refractivity contribution >= 4 is 22.9 Å². The number of rotatable bonds is 4. The van der Waals surface area contributed by atoms with Crippen LogP contribution in [0.4, 0.5) is 0 Å². The summed E-state index contributed by atoms with van der Waals surface area (Å²) in [5.74, 6) is -1.02. The Balaban J connectivity index is 1.53. The molecule has 1 atom stereocenters. The maximum Gasteiger partial charge on any atom is 0.329 e. The quantitative estimate of drug-likeness (QED) is 0.704. The number of H-pyrrole nitrogens is 1. The van der Waals surface area contributed by atoms with E-state index in [0.29, 0.717) is 30.4 Å². The van der Waals surface area contributed by atoms with Crippen LogP contribution in [0.25, 0.3) is 11.0 Å². The van der Waals surface area contributed by atoms with Gasteiger partial charge in [-0.1, -0.05) is 42.5 Å². The van der Waals surface area contributed by atoms with Gasteiger partial charge >= 0.3 is 5.97 Å². The van der Waals surface area contributed by atoms with Crippen molar-refractivity contribution in [3.8, 4) is 0 Å². The van der Waals surface area contributed by atoms with E-state index in [0.717, 1.165) is 5.56 Å². The van der Waals surface area contributed by atoms with E-state index in [1.165, 1.54) is 4.90 Å². The van der Waals surface area contributed by atoms with Gasteiger partial charge < -0.3 is 14.6 Å². The Kier molecular flexibility index (Phi) is 4.89. The van der Waals surface area contributed by atoms with Gasteiger partial charge in [-0.25, -0.2) is 9.78 Å². The molecular formula is C21H19N3O4. The second kappa shape index (κ2) is 7.64. The lowest BCUT2D eigenvalue weighted by Gasteiger charge is -2.22. The van der Waals surface area contributed by atoms with E-state index in [1.54, 1.807) is 24.3 Å². The fourth-order valence-electron chi connectivity index (χ4n) is 3.39. The van der Waals surface area contributed by atoms with Gasteiger partial charge in [-0.05, 0) is 30.5 Å². The summed E-state index contributed by atoms with van der Waals surface area (Å²) in [4.78, 5) is 46.1. The summed E-state index contributed by atoms with van der Waals surface area (Å²) in [6.07, 6.45) is 1.17. The molecule has 28 heavy (non-hydrogen) atoms. The maximum absolute atomic E-state index is 12.9. The molecule has 0 unspecified atom stereocenters. The first-order valence-corrected chi connectivity index (χ1v) is 9.14. The van der Waals surface area contributed by atoms with Crippen LogP contribution < -0.4 is 5.56 Å². The van der Waals surface area contributed by atoms with Crippen LogP contribution in [-0.2, 0) is 16.1 Å². The Labute approximate surface area is 161 Å². The topological polar surface area (TPSA) is 92.4 Å².